The van der Waals surface area contributed by atoms with Crippen LogP contribution in [-0.4, -0.2) is 11.5 Å². The lowest BCUT2D eigenvalue weighted by atomic mass is 10.0. The number of aromatic nitrogens is 1. The Kier molecular flexibility index (Phi) is 4.89. The number of hydrogen-bond acceptors (Lipinski definition) is 3. The first-order chi connectivity index (χ1) is 9.52. The fourth-order valence-corrected chi connectivity index (χ4v) is 3.18. The number of nitrogens with zero attached hydrogens (tertiary/aromatic N) is 1. The lowest BCUT2D eigenvalue weighted by Crippen LogP contribution is -2.22. The Morgan fingerprint density at radius 1 is 1.35 bits per heavy atom. The van der Waals surface area contributed by atoms with Gasteiger partial charge in [0.05, 0.1) is 11.7 Å². The van der Waals surface area contributed by atoms with Crippen molar-refractivity contribution in [1.29, 1.82) is 0 Å². The molecule has 0 spiro atoms. The van der Waals surface area contributed by atoms with Crippen LogP contribution in [0.25, 0.3) is 0 Å². The van der Waals surface area contributed by atoms with Crippen LogP contribution in [0, 0.1) is 12.7 Å². The molecular weight excluding hydrogens is 271 g/mol. The SMILES string of the molecule is CCNC(c1ccc(F)c(C)c1)c1nc(C(C)C)cs1. The molecule has 1 atom stereocenters. The van der Waals surface area contributed by atoms with Crippen LogP contribution in [0.4, 0.5) is 4.39 Å². The minimum absolute atomic E-state index is 0.0387. The smallest absolute Gasteiger partial charge is 0.126 e. The molecule has 2 aromatic rings. The summed E-state index contributed by atoms with van der Waals surface area (Å²) in [6.07, 6.45) is 0. The van der Waals surface area contributed by atoms with Gasteiger partial charge in [0.15, 0.2) is 0 Å². The van der Waals surface area contributed by atoms with E-state index in [4.69, 9.17) is 4.98 Å². The topological polar surface area (TPSA) is 24.9 Å². The Bertz CT molecular complexity index is 578. The molecule has 1 N–H and O–H groups in total. The van der Waals surface area contributed by atoms with Crippen molar-refractivity contribution in [2.24, 2.45) is 0 Å². The lowest BCUT2D eigenvalue weighted by molar-refractivity contribution is 0.604. The predicted octanol–water partition coefficient (Wildman–Crippen LogP) is 4.41. The Hall–Kier alpha value is -1.26. The number of nitrogens with one attached hydrogen (secondary N) is 1. The van der Waals surface area contributed by atoms with Gasteiger partial charge in [-0.3, -0.25) is 0 Å². The van der Waals surface area contributed by atoms with Crippen LogP contribution >= 0.6 is 11.3 Å². The molecule has 4 heteroatoms. The van der Waals surface area contributed by atoms with Crippen molar-refractivity contribution in [1.82, 2.24) is 10.3 Å². The van der Waals surface area contributed by atoms with Crippen molar-refractivity contribution in [2.75, 3.05) is 6.54 Å². The van der Waals surface area contributed by atoms with Crippen LogP contribution in [-0.2, 0) is 0 Å². The number of halogens is 1. The van der Waals surface area contributed by atoms with Crippen LogP contribution in [0.5, 0.6) is 0 Å². The summed E-state index contributed by atoms with van der Waals surface area (Å²) in [7, 11) is 0. The van der Waals surface area contributed by atoms with Crippen LogP contribution in [0.15, 0.2) is 23.6 Å². The largest absolute Gasteiger partial charge is 0.305 e. The Morgan fingerprint density at radius 3 is 2.65 bits per heavy atom. The van der Waals surface area contributed by atoms with Crippen molar-refractivity contribution in [3.8, 4) is 0 Å². The molecule has 0 aliphatic rings. The van der Waals surface area contributed by atoms with E-state index in [2.05, 4.69) is 31.5 Å². The average Bonchev–Trinajstić information content (AvgIpc) is 2.89. The van der Waals surface area contributed by atoms with Crippen LogP contribution in [0.2, 0.25) is 0 Å². The third-order valence-electron chi connectivity index (χ3n) is 3.30. The first kappa shape index (κ1) is 15.1. The first-order valence-electron chi connectivity index (χ1n) is 6.97. The number of hydrogen-bond donors (Lipinski definition) is 1. The van der Waals surface area contributed by atoms with E-state index < -0.39 is 0 Å². The van der Waals surface area contributed by atoms with Crippen molar-refractivity contribution in [2.45, 2.75) is 39.7 Å². The molecule has 1 heterocycles. The monoisotopic (exact) mass is 292 g/mol. The third kappa shape index (κ3) is 3.25. The van der Waals surface area contributed by atoms with Crippen LogP contribution in [0.1, 0.15) is 54.6 Å². The van der Waals surface area contributed by atoms with E-state index in [9.17, 15) is 4.39 Å². The van der Waals surface area contributed by atoms with Gasteiger partial charge in [0.25, 0.3) is 0 Å². The van der Waals surface area contributed by atoms with E-state index in [-0.39, 0.29) is 11.9 Å². The van der Waals surface area contributed by atoms with E-state index in [1.807, 2.05) is 12.1 Å². The molecule has 0 amide bonds. The highest BCUT2D eigenvalue weighted by Crippen LogP contribution is 2.28. The zero-order valence-electron chi connectivity index (χ0n) is 12.4. The molecular formula is C16H21FN2S. The van der Waals surface area contributed by atoms with Crippen molar-refractivity contribution >= 4 is 11.3 Å². The molecule has 0 aliphatic carbocycles. The molecule has 1 unspecified atom stereocenters. The van der Waals surface area contributed by atoms with E-state index in [1.54, 1.807) is 18.3 Å². The second kappa shape index (κ2) is 6.46. The van der Waals surface area contributed by atoms with Crippen LogP contribution in [0.3, 0.4) is 0 Å². The number of benzene rings is 1. The first-order valence-corrected chi connectivity index (χ1v) is 7.85. The summed E-state index contributed by atoms with van der Waals surface area (Å²) < 4.78 is 13.4. The summed E-state index contributed by atoms with van der Waals surface area (Å²) in [6, 6.07) is 5.31. The van der Waals surface area contributed by atoms with Crippen molar-refractivity contribution in [3.05, 3.63) is 51.2 Å². The van der Waals surface area contributed by atoms with Gasteiger partial charge in [0, 0.05) is 5.38 Å². The Balaban J connectivity index is 2.36. The fraction of sp³-hybridized carbons (Fsp3) is 0.438. The maximum absolute atomic E-state index is 13.4. The van der Waals surface area contributed by atoms with Gasteiger partial charge >= 0.3 is 0 Å². The number of thiazole rings is 1. The average molecular weight is 292 g/mol. The molecule has 0 bridgehead atoms. The molecule has 1 aromatic heterocycles. The Labute approximate surface area is 124 Å². The normalized spacial score (nSPS) is 12.9. The van der Waals surface area contributed by atoms with E-state index in [0.717, 1.165) is 22.8 Å². The summed E-state index contributed by atoms with van der Waals surface area (Å²) in [6.45, 7) is 8.99. The number of rotatable bonds is 5. The van der Waals surface area contributed by atoms with E-state index in [1.165, 1.54) is 6.07 Å². The highest BCUT2D eigenvalue weighted by Gasteiger charge is 2.18. The maximum atomic E-state index is 13.4. The Morgan fingerprint density at radius 2 is 2.10 bits per heavy atom. The predicted molar refractivity (Wildman–Crippen MR) is 82.9 cm³/mol. The lowest BCUT2D eigenvalue weighted by Gasteiger charge is -2.16. The molecule has 0 saturated carbocycles. The molecule has 2 rings (SSSR count). The summed E-state index contributed by atoms with van der Waals surface area (Å²) >= 11 is 1.66. The fourth-order valence-electron chi connectivity index (χ4n) is 2.10. The molecule has 2 nitrogen and oxygen atoms in total. The molecule has 0 aliphatic heterocycles. The van der Waals surface area contributed by atoms with Gasteiger partial charge in [0.1, 0.15) is 10.8 Å². The maximum Gasteiger partial charge on any atom is 0.126 e. The minimum atomic E-state index is -0.161. The molecule has 1 aromatic carbocycles. The zero-order valence-corrected chi connectivity index (χ0v) is 13.2. The molecule has 0 radical (unpaired) electrons. The van der Waals surface area contributed by atoms with Crippen molar-refractivity contribution in [3.63, 3.8) is 0 Å². The molecule has 0 saturated heterocycles. The molecule has 20 heavy (non-hydrogen) atoms. The molecule has 108 valence electrons. The second-order valence-corrected chi connectivity index (χ2v) is 6.15. The summed E-state index contributed by atoms with van der Waals surface area (Å²) in [5, 5.41) is 6.59. The van der Waals surface area contributed by atoms with Crippen molar-refractivity contribution < 1.29 is 4.39 Å². The highest BCUT2D eigenvalue weighted by molar-refractivity contribution is 7.09. The van der Waals surface area contributed by atoms with Crippen LogP contribution < -0.4 is 5.32 Å². The van der Waals surface area contributed by atoms with E-state index in [0.29, 0.717) is 11.5 Å². The highest BCUT2D eigenvalue weighted by atomic mass is 32.1. The van der Waals surface area contributed by atoms with Gasteiger partial charge in [-0.05, 0) is 36.6 Å². The van der Waals surface area contributed by atoms with Gasteiger partial charge in [-0.1, -0.05) is 32.9 Å². The summed E-state index contributed by atoms with van der Waals surface area (Å²) in [5.41, 5.74) is 2.85. The van der Waals surface area contributed by atoms with Gasteiger partial charge < -0.3 is 5.32 Å². The summed E-state index contributed by atoms with van der Waals surface area (Å²) in [4.78, 5) is 4.72. The zero-order chi connectivity index (χ0) is 14.7. The van der Waals surface area contributed by atoms with Gasteiger partial charge in [0.2, 0.25) is 0 Å². The third-order valence-corrected chi connectivity index (χ3v) is 4.23. The van der Waals surface area contributed by atoms with Gasteiger partial charge in [-0.2, -0.15) is 0 Å². The van der Waals surface area contributed by atoms with Gasteiger partial charge in [-0.15, -0.1) is 11.3 Å². The number of aryl methyl sites for hydroxylation is 1. The molecule has 0 fully saturated rings. The van der Waals surface area contributed by atoms with Gasteiger partial charge in [-0.25, -0.2) is 9.37 Å². The standard InChI is InChI=1S/C16H21FN2S/c1-5-18-15(12-6-7-13(17)11(4)8-12)16-19-14(9-20-16)10(2)3/h6-10,15,18H,5H2,1-4H3. The second-order valence-electron chi connectivity index (χ2n) is 5.26. The summed E-state index contributed by atoms with van der Waals surface area (Å²) in [5.74, 6) is 0.267. The van der Waals surface area contributed by atoms with E-state index >= 15 is 0 Å². The quantitative estimate of drug-likeness (QED) is 0.882. The minimum Gasteiger partial charge on any atom is -0.305 e.